The van der Waals surface area contributed by atoms with Crippen molar-refractivity contribution in [3.63, 3.8) is 0 Å². The van der Waals surface area contributed by atoms with E-state index in [0.29, 0.717) is 35.6 Å². The molecule has 3 fully saturated rings. The van der Waals surface area contributed by atoms with Crippen molar-refractivity contribution in [3.05, 3.63) is 65.5 Å². The van der Waals surface area contributed by atoms with Gasteiger partial charge < -0.3 is 9.64 Å². The van der Waals surface area contributed by atoms with Gasteiger partial charge in [0, 0.05) is 11.7 Å². The Labute approximate surface area is 186 Å². The van der Waals surface area contributed by atoms with Crippen molar-refractivity contribution in [2.75, 3.05) is 6.61 Å². The fraction of sp³-hybridized carbons (Fsp3) is 0.417. The van der Waals surface area contributed by atoms with Gasteiger partial charge in [0.2, 0.25) is 0 Å². The number of hydrogen-bond acceptors (Lipinski definition) is 5. The van der Waals surface area contributed by atoms with Crippen LogP contribution >= 0.6 is 0 Å². The van der Waals surface area contributed by atoms with E-state index in [4.69, 9.17) is 4.74 Å². The molecule has 0 radical (unpaired) electrons. The van der Waals surface area contributed by atoms with Crippen molar-refractivity contribution >= 4 is 5.91 Å². The fourth-order valence-corrected chi connectivity index (χ4v) is 4.86. The number of benzene rings is 1. The number of nitrogens with zero attached hydrogens (tertiary/aromatic N) is 5. The number of aryl methyl sites for hydroxylation is 2. The zero-order valence-electron chi connectivity index (χ0n) is 18.4. The molecule has 4 heterocycles. The summed E-state index contributed by atoms with van der Waals surface area (Å²) in [6.45, 7) is 6.27. The monoisotopic (exact) mass is 435 g/mol. The van der Waals surface area contributed by atoms with Gasteiger partial charge in [-0.2, -0.15) is 0 Å². The molecule has 2 bridgehead atoms. The highest BCUT2D eigenvalue weighted by atomic mass is 19.1. The van der Waals surface area contributed by atoms with Gasteiger partial charge in [-0.05, 0) is 74.9 Å². The van der Waals surface area contributed by atoms with Crippen LogP contribution in [0.25, 0.3) is 5.69 Å². The van der Waals surface area contributed by atoms with E-state index in [1.165, 1.54) is 12.1 Å². The van der Waals surface area contributed by atoms with Crippen LogP contribution in [0.2, 0.25) is 0 Å². The first kappa shape index (κ1) is 20.6. The maximum atomic E-state index is 13.9. The van der Waals surface area contributed by atoms with Crippen LogP contribution in [0.1, 0.15) is 41.6 Å². The topological polar surface area (TPSA) is 73.1 Å². The summed E-state index contributed by atoms with van der Waals surface area (Å²) in [6.07, 6.45) is 3.80. The number of ether oxygens (including phenoxy) is 1. The highest BCUT2D eigenvalue weighted by molar-refractivity contribution is 5.96. The van der Waals surface area contributed by atoms with Gasteiger partial charge in [0.25, 0.3) is 5.91 Å². The predicted octanol–water partition coefficient (Wildman–Crippen LogP) is 3.74. The number of aromatic nitrogens is 4. The van der Waals surface area contributed by atoms with Crippen molar-refractivity contribution in [2.24, 2.45) is 11.8 Å². The highest BCUT2D eigenvalue weighted by Crippen LogP contribution is 2.47. The van der Waals surface area contributed by atoms with Gasteiger partial charge >= 0.3 is 0 Å². The van der Waals surface area contributed by atoms with Gasteiger partial charge in [-0.3, -0.25) is 4.79 Å². The summed E-state index contributed by atoms with van der Waals surface area (Å²) >= 11 is 0. The third-order valence-corrected chi connectivity index (χ3v) is 6.79. The Balaban J connectivity index is 1.46. The van der Waals surface area contributed by atoms with Crippen LogP contribution in [0, 0.1) is 31.5 Å². The molecular weight excluding hydrogens is 409 g/mol. The van der Waals surface area contributed by atoms with Crippen molar-refractivity contribution in [1.82, 2.24) is 24.9 Å². The molecule has 8 heteroatoms. The molecule has 0 spiro atoms. The molecule has 2 atom stereocenters. The second-order valence-electron chi connectivity index (χ2n) is 8.91. The molecule has 1 saturated carbocycles. The zero-order valence-corrected chi connectivity index (χ0v) is 18.4. The largest absolute Gasteiger partial charge is 0.491 e. The molecule has 3 aromatic rings. The van der Waals surface area contributed by atoms with Crippen molar-refractivity contribution < 1.29 is 13.9 Å². The third kappa shape index (κ3) is 3.63. The minimum Gasteiger partial charge on any atom is -0.491 e. The van der Waals surface area contributed by atoms with Crippen LogP contribution in [0.15, 0.2) is 42.6 Å². The Kier molecular flexibility index (Phi) is 5.15. The molecule has 1 amide bonds. The molecule has 7 nitrogen and oxygen atoms in total. The van der Waals surface area contributed by atoms with Crippen LogP contribution in [-0.4, -0.2) is 49.5 Å². The van der Waals surface area contributed by atoms with E-state index < -0.39 is 0 Å². The Hall–Kier alpha value is -3.29. The predicted molar refractivity (Wildman–Crippen MR) is 116 cm³/mol. The van der Waals surface area contributed by atoms with E-state index in [-0.39, 0.29) is 23.8 Å². The lowest BCUT2D eigenvalue weighted by Gasteiger charge is -2.57. The van der Waals surface area contributed by atoms with Crippen LogP contribution < -0.4 is 4.74 Å². The second kappa shape index (κ2) is 8.00. The Morgan fingerprint density at radius 2 is 1.88 bits per heavy atom. The minimum absolute atomic E-state index is 0.0855. The normalized spacial score (nSPS) is 24.2. The lowest BCUT2D eigenvalue weighted by molar-refractivity contribution is -0.0673. The van der Waals surface area contributed by atoms with Crippen molar-refractivity contribution in [1.29, 1.82) is 0 Å². The smallest absolute Gasteiger partial charge is 0.275 e. The van der Waals surface area contributed by atoms with Crippen LogP contribution in [0.4, 0.5) is 4.39 Å². The van der Waals surface area contributed by atoms with E-state index in [1.54, 1.807) is 23.0 Å². The molecule has 1 aromatic carbocycles. The van der Waals surface area contributed by atoms with Crippen LogP contribution in [-0.2, 0) is 0 Å². The molecule has 32 heavy (non-hydrogen) atoms. The van der Waals surface area contributed by atoms with Gasteiger partial charge in [0.15, 0.2) is 5.69 Å². The van der Waals surface area contributed by atoms with Gasteiger partial charge in [0.05, 0.1) is 23.6 Å². The first-order valence-corrected chi connectivity index (χ1v) is 11.0. The van der Waals surface area contributed by atoms with Crippen LogP contribution in [0.3, 0.4) is 0 Å². The first-order valence-electron chi connectivity index (χ1n) is 11.0. The average Bonchev–Trinajstić information content (AvgIpc) is 3.18. The molecule has 3 aliphatic rings. The molecule has 6 rings (SSSR count). The Morgan fingerprint density at radius 3 is 2.56 bits per heavy atom. The molecule has 2 aliphatic heterocycles. The summed E-state index contributed by atoms with van der Waals surface area (Å²) in [6, 6.07) is 9.81. The summed E-state index contributed by atoms with van der Waals surface area (Å²) in [4.78, 5) is 20.5. The van der Waals surface area contributed by atoms with Gasteiger partial charge in [-0.25, -0.2) is 14.1 Å². The summed E-state index contributed by atoms with van der Waals surface area (Å²) in [5.74, 6) is 1.07. The lowest BCUT2D eigenvalue weighted by Crippen LogP contribution is -2.64. The molecule has 1 aliphatic carbocycles. The average molecular weight is 436 g/mol. The lowest BCUT2D eigenvalue weighted by atomic mass is 9.64. The van der Waals surface area contributed by atoms with Gasteiger partial charge in [-0.15, -0.1) is 5.10 Å². The molecule has 2 saturated heterocycles. The van der Waals surface area contributed by atoms with E-state index in [1.807, 2.05) is 30.9 Å². The van der Waals surface area contributed by atoms with Crippen molar-refractivity contribution in [3.8, 4) is 11.4 Å². The number of carbonyl (C=O) groups excluding carboxylic acids is 1. The Bertz CT molecular complexity index is 1140. The summed E-state index contributed by atoms with van der Waals surface area (Å²) in [7, 11) is 0. The minimum atomic E-state index is -0.303. The second-order valence-corrected chi connectivity index (χ2v) is 8.91. The first-order chi connectivity index (χ1) is 15.4. The summed E-state index contributed by atoms with van der Waals surface area (Å²) < 4.78 is 20.8. The molecule has 166 valence electrons. The maximum absolute atomic E-state index is 13.9. The zero-order chi connectivity index (χ0) is 22.4. The number of piperidine rings is 2. The quantitative estimate of drug-likeness (QED) is 0.611. The summed E-state index contributed by atoms with van der Waals surface area (Å²) in [5.41, 5.74) is 2.53. The van der Waals surface area contributed by atoms with E-state index in [0.717, 1.165) is 24.2 Å². The molecular formula is C24H26FN5O2. The molecule has 0 N–H and O–H groups in total. The fourth-order valence-electron chi connectivity index (χ4n) is 4.86. The Morgan fingerprint density at radius 1 is 1.12 bits per heavy atom. The van der Waals surface area contributed by atoms with Crippen LogP contribution in [0.5, 0.6) is 5.75 Å². The van der Waals surface area contributed by atoms with E-state index >= 15 is 0 Å². The maximum Gasteiger partial charge on any atom is 0.275 e. The van der Waals surface area contributed by atoms with Crippen molar-refractivity contribution in [2.45, 2.75) is 45.7 Å². The molecule has 2 aromatic heterocycles. The number of carbonyl (C=O) groups is 1. The number of pyridine rings is 1. The standard InChI is InChI=1S/C24H26FN5O2/c1-14-4-9-21(29-12-15(2)27-28-29)23(26-14)24(31)30-19-10-17(11-19)16(3)22(30)13-32-20-7-5-18(25)6-8-20/h4-9,12,16-17,19,22H,10-11,13H2,1-3H3/t16-,17?,19?,22-/m1/s1. The summed E-state index contributed by atoms with van der Waals surface area (Å²) in [5, 5.41) is 8.21. The molecule has 0 unspecified atom stereocenters. The van der Waals surface area contributed by atoms with E-state index in [9.17, 15) is 9.18 Å². The SMILES string of the molecule is Cc1cn(-c2ccc(C)nc2C(=O)N2C3CC(C3)[C@@H](C)[C@H]2COc2ccc(F)cc2)nn1. The number of hydrogen-bond donors (Lipinski definition) is 0. The van der Waals surface area contributed by atoms with Gasteiger partial charge in [0.1, 0.15) is 18.2 Å². The number of fused-ring (bicyclic) bond motifs is 2. The number of amides is 1. The number of rotatable bonds is 5. The highest BCUT2D eigenvalue weighted by Gasteiger charge is 2.51. The third-order valence-electron chi connectivity index (χ3n) is 6.79. The van der Waals surface area contributed by atoms with E-state index in [2.05, 4.69) is 22.2 Å². The van der Waals surface area contributed by atoms with Gasteiger partial charge in [-0.1, -0.05) is 12.1 Å². The number of halogens is 1.